The van der Waals surface area contributed by atoms with Gasteiger partial charge in [-0.05, 0) is 19.8 Å². The maximum atomic E-state index is 11.8. The van der Waals surface area contributed by atoms with E-state index in [2.05, 4.69) is 0 Å². The second-order valence-electron chi connectivity index (χ2n) is 3.63. The number of nitrogens with two attached hydrogens (primary N) is 1. The lowest BCUT2D eigenvalue weighted by Gasteiger charge is -2.25. The van der Waals surface area contributed by atoms with Crippen LogP contribution in [0.2, 0.25) is 0 Å². The van der Waals surface area contributed by atoms with Gasteiger partial charge in [0.25, 0.3) is 0 Å². The number of rotatable bonds is 3. The predicted molar refractivity (Wildman–Crippen MR) is 57.8 cm³/mol. The molecule has 2 atom stereocenters. The molecule has 5 heteroatoms. The smallest absolute Gasteiger partial charge is 0.232 e. The molecule has 2 unspecified atom stereocenters. The first-order valence-corrected chi connectivity index (χ1v) is 5.19. The van der Waals surface area contributed by atoms with E-state index >= 15 is 0 Å². The molecule has 1 amide bonds. The van der Waals surface area contributed by atoms with Gasteiger partial charge in [0, 0.05) is 6.54 Å². The summed E-state index contributed by atoms with van der Waals surface area (Å²) >= 11 is 4.77. The van der Waals surface area contributed by atoms with Crippen molar-refractivity contribution in [2.24, 2.45) is 11.7 Å². The highest BCUT2D eigenvalue weighted by Gasteiger charge is 2.31. The Kier molecular flexibility index (Phi) is 3.83. The Morgan fingerprint density at radius 3 is 2.93 bits per heavy atom. The molecule has 1 rings (SSSR count). The first kappa shape index (κ1) is 11.4. The number of thiocarbonyl (C=S) groups is 1. The van der Waals surface area contributed by atoms with Gasteiger partial charge < -0.3 is 15.7 Å². The highest BCUT2D eigenvalue weighted by Crippen LogP contribution is 2.19. The van der Waals surface area contributed by atoms with Crippen LogP contribution in [-0.4, -0.2) is 40.1 Å². The number of likely N-dealkylation sites (tertiary alicyclic amines) is 1. The van der Waals surface area contributed by atoms with Gasteiger partial charge in [0.1, 0.15) is 0 Å². The summed E-state index contributed by atoms with van der Waals surface area (Å²) < 4.78 is 0. The molecule has 4 nitrogen and oxygen atoms in total. The quantitative estimate of drug-likeness (QED) is 0.646. The minimum atomic E-state index is -0.419. The van der Waals surface area contributed by atoms with Crippen LogP contribution in [0.5, 0.6) is 0 Å². The van der Waals surface area contributed by atoms with Gasteiger partial charge in [-0.25, -0.2) is 0 Å². The number of hydrogen-bond acceptors (Lipinski definition) is 3. The van der Waals surface area contributed by atoms with E-state index in [-0.39, 0.29) is 23.5 Å². The van der Waals surface area contributed by atoms with Crippen LogP contribution < -0.4 is 5.73 Å². The number of carbonyl (C=O) groups is 1. The standard InChI is InChI=1S/C9H16N2O2S/c1-6(8(10)14)9(13)11-4-2-3-7(11)5-12/h6-7,12H,2-5H2,1H3,(H2,10,14). The van der Waals surface area contributed by atoms with Crippen molar-refractivity contribution >= 4 is 23.1 Å². The van der Waals surface area contributed by atoms with Gasteiger partial charge in [0.05, 0.1) is 23.6 Å². The third-order valence-corrected chi connectivity index (χ3v) is 3.02. The lowest BCUT2D eigenvalue weighted by molar-refractivity contribution is -0.134. The molecule has 0 aromatic heterocycles. The molecule has 0 saturated carbocycles. The zero-order valence-electron chi connectivity index (χ0n) is 8.27. The monoisotopic (exact) mass is 216 g/mol. The maximum absolute atomic E-state index is 11.8. The van der Waals surface area contributed by atoms with Crippen LogP contribution in [0, 0.1) is 5.92 Å². The Morgan fingerprint density at radius 1 is 1.79 bits per heavy atom. The summed E-state index contributed by atoms with van der Waals surface area (Å²) in [5.74, 6) is -0.480. The molecule has 1 aliphatic rings. The van der Waals surface area contributed by atoms with Crippen LogP contribution in [-0.2, 0) is 4.79 Å². The molecule has 80 valence electrons. The molecule has 1 saturated heterocycles. The Balaban J connectivity index is 2.64. The van der Waals surface area contributed by atoms with Crippen molar-refractivity contribution in [3.63, 3.8) is 0 Å². The number of hydrogen-bond donors (Lipinski definition) is 2. The van der Waals surface area contributed by atoms with E-state index in [1.807, 2.05) is 0 Å². The van der Waals surface area contributed by atoms with E-state index in [1.165, 1.54) is 0 Å². The minimum absolute atomic E-state index is 0.0236. The first-order chi connectivity index (χ1) is 6.57. The van der Waals surface area contributed by atoms with Crippen molar-refractivity contribution in [2.45, 2.75) is 25.8 Å². The maximum Gasteiger partial charge on any atom is 0.232 e. The van der Waals surface area contributed by atoms with Crippen molar-refractivity contribution in [1.82, 2.24) is 4.90 Å². The molecule has 0 bridgehead atoms. The summed E-state index contributed by atoms with van der Waals surface area (Å²) in [5.41, 5.74) is 5.41. The van der Waals surface area contributed by atoms with Crippen molar-refractivity contribution in [2.75, 3.05) is 13.2 Å². The Hall–Kier alpha value is -0.680. The van der Waals surface area contributed by atoms with Gasteiger partial charge >= 0.3 is 0 Å². The normalized spacial score (nSPS) is 23.6. The molecule has 3 N–H and O–H groups in total. The fourth-order valence-electron chi connectivity index (χ4n) is 1.69. The molecule has 1 heterocycles. The fraction of sp³-hybridized carbons (Fsp3) is 0.778. The first-order valence-electron chi connectivity index (χ1n) is 4.78. The van der Waals surface area contributed by atoms with Crippen LogP contribution >= 0.6 is 12.2 Å². The molecule has 0 radical (unpaired) electrons. The molecule has 1 fully saturated rings. The average molecular weight is 216 g/mol. The number of aliphatic hydroxyl groups excluding tert-OH is 1. The summed E-state index contributed by atoms with van der Waals surface area (Å²) in [5, 5.41) is 9.05. The van der Waals surface area contributed by atoms with Gasteiger partial charge in [-0.15, -0.1) is 0 Å². The molecule has 0 spiro atoms. The molecule has 0 aromatic carbocycles. The summed E-state index contributed by atoms with van der Waals surface area (Å²) in [6, 6.07) is -0.0423. The third kappa shape index (κ3) is 2.22. The zero-order valence-corrected chi connectivity index (χ0v) is 9.09. The molecule has 14 heavy (non-hydrogen) atoms. The van der Waals surface area contributed by atoms with Crippen LogP contribution in [0.3, 0.4) is 0 Å². The van der Waals surface area contributed by atoms with Crippen LogP contribution in [0.4, 0.5) is 0 Å². The lowest BCUT2D eigenvalue weighted by Crippen LogP contribution is -2.43. The van der Waals surface area contributed by atoms with Gasteiger partial charge in [0.2, 0.25) is 5.91 Å². The SMILES string of the molecule is CC(C(=O)N1CCCC1CO)C(N)=S. The predicted octanol–water partition coefficient (Wildman–Crippen LogP) is -0.108. The number of carbonyl (C=O) groups excluding carboxylic acids is 1. The van der Waals surface area contributed by atoms with E-state index in [0.29, 0.717) is 6.54 Å². The van der Waals surface area contributed by atoms with Gasteiger partial charge in [0.15, 0.2) is 0 Å². The van der Waals surface area contributed by atoms with Crippen molar-refractivity contribution in [3.05, 3.63) is 0 Å². The summed E-state index contributed by atoms with van der Waals surface area (Å²) in [6.07, 6.45) is 1.81. The Morgan fingerprint density at radius 2 is 2.43 bits per heavy atom. The zero-order chi connectivity index (χ0) is 10.7. The molecular formula is C9H16N2O2S. The van der Waals surface area contributed by atoms with Gasteiger partial charge in [-0.3, -0.25) is 4.79 Å². The number of aliphatic hydroxyl groups is 1. The van der Waals surface area contributed by atoms with Crippen molar-refractivity contribution < 1.29 is 9.90 Å². The average Bonchev–Trinajstić information content (AvgIpc) is 2.62. The topological polar surface area (TPSA) is 66.6 Å². The van der Waals surface area contributed by atoms with E-state index in [1.54, 1.807) is 11.8 Å². The van der Waals surface area contributed by atoms with E-state index in [9.17, 15) is 4.79 Å². The van der Waals surface area contributed by atoms with E-state index in [0.717, 1.165) is 12.8 Å². The van der Waals surface area contributed by atoms with Crippen LogP contribution in [0.1, 0.15) is 19.8 Å². The second-order valence-corrected chi connectivity index (χ2v) is 4.11. The highest BCUT2D eigenvalue weighted by molar-refractivity contribution is 7.80. The van der Waals surface area contributed by atoms with E-state index < -0.39 is 5.92 Å². The molecule has 1 aliphatic heterocycles. The van der Waals surface area contributed by atoms with Crippen molar-refractivity contribution in [1.29, 1.82) is 0 Å². The fourth-order valence-corrected chi connectivity index (χ4v) is 1.79. The Labute approximate surface area is 89.1 Å². The molecule has 0 aromatic rings. The van der Waals surface area contributed by atoms with Gasteiger partial charge in [-0.1, -0.05) is 12.2 Å². The van der Waals surface area contributed by atoms with Crippen molar-refractivity contribution in [3.8, 4) is 0 Å². The summed E-state index contributed by atoms with van der Waals surface area (Å²) in [7, 11) is 0. The largest absolute Gasteiger partial charge is 0.394 e. The second kappa shape index (κ2) is 4.70. The number of amides is 1. The molecule has 0 aliphatic carbocycles. The van der Waals surface area contributed by atoms with Crippen LogP contribution in [0.25, 0.3) is 0 Å². The Bertz CT molecular complexity index is 245. The summed E-state index contributed by atoms with van der Waals surface area (Å²) in [6.45, 7) is 2.43. The van der Waals surface area contributed by atoms with Gasteiger partial charge in [-0.2, -0.15) is 0 Å². The molecular weight excluding hydrogens is 200 g/mol. The van der Waals surface area contributed by atoms with Crippen LogP contribution in [0.15, 0.2) is 0 Å². The highest BCUT2D eigenvalue weighted by atomic mass is 32.1. The van der Waals surface area contributed by atoms with E-state index in [4.69, 9.17) is 23.1 Å². The summed E-state index contributed by atoms with van der Waals surface area (Å²) in [4.78, 5) is 13.7. The number of nitrogens with zero attached hydrogens (tertiary/aromatic N) is 1. The lowest BCUT2D eigenvalue weighted by atomic mass is 10.1. The third-order valence-electron chi connectivity index (χ3n) is 2.67. The minimum Gasteiger partial charge on any atom is -0.394 e.